The molecule has 2 saturated heterocycles. The molecule has 1 aromatic heterocycles. The summed E-state index contributed by atoms with van der Waals surface area (Å²) in [5.74, 6) is 3.03. The number of nitrogens with one attached hydrogen (secondary N) is 1. The maximum atomic E-state index is 5.73. The molecular weight excluding hydrogens is 276 g/mol. The van der Waals surface area contributed by atoms with Crippen LogP contribution in [0.25, 0.3) is 0 Å². The smallest absolute Gasteiger partial charge is 0.225 e. The Bertz CT molecular complexity index is 604. The lowest BCUT2D eigenvalue weighted by Gasteiger charge is -2.17. The van der Waals surface area contributed by atoms with Gasteiger partial charge in [-0.1, -0.05) is 30.3 Å². The van der Waals surface area contributed by atoms with Crippen LogP contribution in [0.3, 0.4) is 0 Å². The molecule has 5 heteroatoms. The number of hydrogen-bond acceptors (Lipinski definition) is 5. The molecule has 1 N–H and O–H groups in total. The summed E-state index contributed by atoms with van der Waals surface area (Å²) in [4.78, 5) is 11.2. The largest absolute Gasteiger partial charge is 0.486 e. The minimum atomic E-state index is 0.545. The van der Waals surface area contributed by atoms with Crippen LogP contribution in [0.15, 0.2) is 42.7 Å². The number of aromatic nitrogens is 2. The molecule has 0 spiro atoms. The predicted molar refractivity (Wildman–Crippen MR) is 84.9 cm³/mol. The normalized spacial score (nSPS) is 23.5. The van der Waals surface area contributed by atoms with Crippen molar-refractivity contribution in [1.29, 1.82) is 0 Å². The number of rotatable bonds is 4. The molecule has 0 saturated carbocycles. The van der Waals surface area contributed by atoms with E-state index < -0.39 is 0 Å². The highest BCUT2D eigenvalue weighted by Gasteiger charge is 2.36. The van der Waals surface area contributed by atoms with Crippen LogP contribution in [0.4, 0.5) is 5.95 Å². The van der Waals surface area contributed by atoms with Crippen LogP contribution in [0.1, 0.15) is 5.56 Å². The molecule has 0 radical (unpaired) electrons. The molecule has 0 bridgehead atoms. The topological polar surface area (TPSA) is 50.3 Å². The first kappa shape index (κ1) is 13.5. The molecule has 2 unspecified atom stereocenters. The van der Waals surface area contributed by atoms with Crippen molar-refractivity contribution < 1.29 is 4.74 Å². The second-order valence-electron chi connectivity index (χ2n) is 6.08. The van der Waals surface area contributed by atoms with Gasteiger partial charge in [0.2, 0.25) is 5.95 Å². The van der Waals surface area contributed by atoms with Crippen LogP contribution < -0.4 is 15.0 Å². The number of hydrogen-bond donors (Lipinski definition) is 1. The van der Waals surface area contributed by atoms with Crippen LogP contribution in [-0.2, 0) is 6.61 Å². The summed E-state index contributed by atoms with van der Waals surface area (Å²) < 4.78 is 5.73. The van der Waals surface area contributed by atoms with E-state index >= 15 is 0 Å². The summed E-state index contributed by atoms with van der Waals surface area (Å²) in [6, 6.07) is 10.1. The van der Waals surface area contributed by atoms with E-state index in [4.69, 9.17) is 4.74 Å². The molecule has 0 aliphatic carbocycles. The maximum Gasteiger partial charge on any atom is 0.225 e. The summed E-state index contributed by atoms with van der Waals surface area (Å²) >= 11 is 0. The van der Waals surface area contributed by atoms with Crippen molar-refractivity contribution in [2.24, 2.45) is 11.8 Å². The van der Waals surface area contributed by atoms with Gasteiger partial charge in [0.1, 0.15) is 6.61 Å². The Morgan fingerprint density at radius 3 is 2.41 bits per heavy atom. The third-order valence-corrected chi connectivity index (χ3v) is 4.54. The van der Waals surface area contributed by atoms with E-state index in [-0.39, 0.29) is 0 Å². The van der Waals surface area contributed by atoms with E-state index in [2.05, 4.69) is 20.2 Å². The molecule has 114 valence electrons. The zero-order valence-electron chi connectivity index (χ0n) is 12.5. The van der Waals surface area contributed by atoms with Gasteiger partial charge in [-0.25, -0.2) is 9.97 Å². The Balaban J connectivity index is 1.37. The first-order valence-electron chi connectivity index (χ1n) is 7.83. The van der Waals surface area contributed by atoms with Gasteiger partial charge in [-0.05, 0) is 17.4 Å². The lowest BCUT2D eigenvalue weighted by molar-refractivity contribution is 0.303. The molecule has 2 aliphatic heterocycles. The molecule has 2 fully saturated rings. The standard InChI is InChI=1S/C17H20N4O/c1-2-4-13(5-3-1)12-22-16-8-19-17(20-9-16)21-10-14-6-18-7-15(14)11-21/h1-5,8-9,14-15,18H,6-7,10-12H2. The summed E-state index contributed by atoms with van der Waals surface area (Å²) in [5, 5.41) is 3.45. The Morgan fingerprint density at radius 2 is 1.73 bits per heavy atom. The Morgan fingerprint density at radius 1 is 1.05 bits per heavy atom. The lowest BCUT2D eigenvalue weighted by Crippen LogP contribution is -2.26. The van der Waals surface area contributed by atoms with E-state index in [1.165, 1.54) is 0 Å². The fourth-order valence-corrected chi connectivity index (χ4v) is 3.31. The second-order valence-corrected chi connectivity index (χ2v) is 6.08. The summed E-state index contributed by atoms with van der Waals surface area (Å²) in [5.41, 5.74) is 1.14. The summed E-state index contributed by atoms with van der Waals surface area (Å²) in [7, 11) is 0. The van der Waals surface area contributed by atoms with Crippen molar-refractivity contribution in [3.63, 3.8) is 0 Å². The molecule has 2 aromatic rings. The number of fused-ring (bicyclic) bond motifs is 1. The highest BCUT2D eigenvalue weighted by Crippen LogP contribution is 2.28. The number of benzene rings is 1. The Kier molecular flexibility index (Phi) is 3.64. The molecule has 0 amide bonds. The van der Waals surface area contributed by atoms with Crippen molar-refractivity contribution in [3.8, 4) is 5.75 Å². The first-order chi connectivity index (χ1) is 10.9. The van der Waals surface area contributed by atoms with Crippen molar-refractivity contribution in [2.75, 3.05) is 31.1 Å². The van der Waals surface area contributed by atoms with Gasteiger partial charge < -0.3 is 15.0 Å². The van der Waals surface area contributed by atoms with Crippen LogP contribution in [-0.4, -0.2) is 36.1 Å². The second kappa shape index (κ2) is 5.93. The molecule has 2 atom stereocenters. The molecule has 4 rings (SSSR count). The van der Waals surface area contributed by atoms with Crippen molar-refractivity contribution in [3.05, 3.63) is 48.3 Å². The van der Waals surface area contributed by atoms with E-state index in [0.29, 0.717) is 12.4 Å². The van der Waals surface area contributed by atoms with Crippen molar-refractivity contribution in [2.45, 2.75) is 6.61 Å². The van der Waals surface area contributed by atoms with Gasteiger partial charge in [0.05, 0.1) is 12.4 Å². The third-order valence-electron chi connectivity index (χ3n) is 4.54. The molecule has 2 aliphatic rings. The Hall–Kier alpha value is -2.14. The fraction of sp³-hybridized carbons (Fsp3) is 0.412. The van der Waals surface area contributed by atoms with Crippen LogP contribution in [0.5, 0.6) is 5.75 Å². The average molecular weight is 296 g/mol. The minimum absolute atomic E-state index is 0.545. The lowest BCUT2D eigenvalue weighted by atomic mass is 10.0. The zero-order valence-corrected chi connectivity index (χ0v) is 12.5. The SMILES string of the molecule is c1ccc(COc2cnc(N3CC4CNCC4C3)nc2)cc1. The third kappa shape index (κ3) is 2.76. The highest BCUT2D eigenvalue weighted by atomic mass is 16.5. The van der Waals surface area contributed by atoms with Gasteiger partial charge in [-0.15, -0.1) is 0 Å². The molecule has 5 nitrogen and oxygen atoms in total. The van der Waals surface area contributed by atoms with Crippen LogP contribution in [0.2, 0.25) is 0 Å². The molecule has 3 heterocycles. The quantitative estimate of drug-likeness (QED) is 0.931. The van der Waals surface area contributed by atoms with E-state index in [1.807, 2.05) is 30.3 Å². The fourth-order valence-electron chi connectivity index (χ4n) is 3.31. The number of nitrogens with zero attached hydrogens (tertiary/aromatic N) is 3. The summed E-state index contributed by atoms with van der Waals surface area (Å²) in [6.45, 7) is 4.91. The average Bonchev–Trinajstić information content (AvgIpc) is 3.16. The molecule has 1 aromatic carbocycles. The van der Waals surface area contributed by atoms with E-state index in [1.54, 1.807) is 12.4 Å². The molecule has 22 heavy (non-hydrogen) atoms. The monoisotopic (exact) mass is 296 g/mol. The Labute approximate surface area is 130 Å². The van der Waals surface area contributed by atoms with Crippen LogP contribution >= 0.6 is 0 Å². The van der Waals surface area contributed by atoms with Crippen molar-refractivity contribution in [1.82, 2.24) is 15.3 Å². The van der Waals surface area contributed by atoms with Gasteiger partial charge in [-0.2, -0.15) is 0 Å². The van der Waals surface area contributed by atoms with Gasteiger partial charge in [-0.3, -0.25) is 0 Å². The predicted octanol–water partition coefficient (Wildman–Crippen LogP) is 1.71. The molecular formula is C17H20N4O. The van der Waals surface area contributed by atoms with Gasteiger partial charge >= 0.3 is 0 Å². The van der Waals surface area contributed by atoms with Crippen molar-refractivity contribution >= 4 is 5.95 Å². The minimum Gasteiger partial charge on any atom is -0.486 e. The highest BCUT2D eigenvalue weighted by molar-refractivity contribution is 5.34. The van der Waals surface area contributed by atoms with Gasteiger partial charge in [0.25, 0.3) is 0 Å². The number of ether oxygens (including phenoxy) is 1. The zero-order chi connectivity index (χ0) is 14.8. The van der Waals surface area contributed by atoms with Crippen LogP contribution in [0, 0.1) is 11.8 Å². The first-order valence-corrected chi connectivity index (χ1v) is 7.83. The number of anilines is 1. The maximum absolute atomic E-state index is 5.73. The summed E-state index contributed by atoms with van der Waals surface area (Å²) in [6.07, 6.45) is 3.55. The van der Waals surface area contributed by atoms with Gasteiger partial charge in [0, 0.05) is 26.2 Å². The van der Waals surface area contributed by atoms with Gasteiger partial charge in [0.15, 0.2) is 5.75 Å². The van der Waals surface area contributed by atoms with E-state index in [0.717, 1.165) is 49.5 Å². The van der Waals surface area contributed by atoms with E-state index in [9.17, 15) is 0 Å².